The Balaban J connectivity index is 2.30. The van der Waals surface area contributed by atoms with E-state index in [1.807, 2.05) is 6.07 Å². The van der Waals surface area contributed by atoms with Crippen molar-refractivity contribution in [1.82, 2.24) is 0 Å². The highest BCUT2D eigenvalue weighted by Crippen LogP contribution is 2.23. The molecule has 7 heteroatoms. The third kappa shape index (κ3) is 4.37. The number of nitrogens with zero attached hydrogens (tertiary/aromatic N) is 1. The molecule has 2 aromatic carbocycles. The van der Waals surface area contributed by atoms with E-state index in [2.05, 4.69) is 5.32 Å². The molecule has 130 valence electrons. The molecular formula is C18H18N2O4S. The van der Waals surface area contributed by atoms with Crippen molar-refractivity contribution in [3.8, 4) is 11.8 Å². The molecule has 0 aliphatic heterocycles. The van der Waals surface area contributed by atoms with Crippen LogP contribution < -0.4 is 10.1 Å². The topological polar surface area (TPSA) is 96.3 Å². The predicted octanol–water partition coefficient (Wildman–Crippen LogP) is 3.02. The van der Waals surface area contributed by atoms with Gasteiger partial charge in [0.05, 0.1) is 15.7 Å². The van der Waals surface area contributed by atoms with E-state index in [1.54, 1.807) is 50.2 Å². The zero-order chi connectivity index (χ0) is 18.4. The predicted molar refractivity (Wildman–Crippen MR) is 94.3 cm³/mol. The van der Waals surface area contributed by atoms with E-state index >= 15 is 0 Å². The van der Waals surface area contributed by atoms with Gasteiger partial charge >= 0.3 is 0 Å². The molecule has 0 spiro atoms. The van der Waals surface area contributed by atoms with Crippen LogP contribution in [0.4, 0.5) is 5.69 Å². The van der Waals surface area contributed by atoms with Gasteiger partial charge in [-0.1, -0.05) is 18.2 Å². The molecule has 1 amide bonds. The number of amides is 1. The number of hydrogen-bond acceptors (Lipinski definition) is 5. The molecule has 0 atom stereocenters. The lowest BCUT2D eigenvalue weighted by Gasteiger charge is -2.13. The number of anilines is 1. The maximum absolute atomic E-state index is 12.6. The van der Waals surface area contributed by atoms with Crippen molar-refractivity contribution in [2.45, 2.75) is 24.0 Å². The minimum Gasteiger partial charge on any atom is -0.479 e. The highest BCUT2D eigenvalue weighted by Gasteiger charge is 2.25. The van der Waals surface area contributed by atoms with Crippen LogP contribution >= 0.6 is 0 Å². The van der Waals surface area contributed by atoms with Crippen LogP contribution in [0.3, 0.4) is 0 Å². The quantitative estimate of drug-likeness (QED) is 0.856. The molecule has 0 bridgehead atoms. The molecule has 2 aromatic rings. The molecule has 0 aromatic heterocycles. The lowest BCUT2D eigenvalue weighted by molar-refractivity contribution is 0.102. The first-order chi connectivity index (χ1) is 11.9. The number of ether oxygens (including phenoxy) is 1. The van der Waals surface area contributed by atoms with Crippen molar-refractivity contribution < 1.29 is 17.9 Å². The third-order valence-corrected chi connectivity index (χ3v) is 5.66. The number of rotatable bonds is 6. The minimum absolute atomic E-state index is 0.000569. The van der Waals surface area contributed by atoms with Gasteiger partial charge in [0.15, 0.2) is 16.4 Å². The second kappa shape index (κ2) is 7.81. The molecule has 0 aliphatic carbocycles. The van der Waals surface area contributed by atoms with Crippen LogP contribution in [0.2, 0.25) is 0 Å². The lowest BCUT2D eigenvalue weighted by atomic mass is 10.2. The van der Waals surface area contributed by atoms with Gasteiger partial charge < -0.3 is 10.1 Å². The average Bonchev–Trinajstić information content (AvgIpc) is 2.60. The fourth-order valence-electron chi connectivity index (χ4n) is 2.13. The Morgan fingerprint density at radius 1 is 1.20 bits per heavy atom. The normalized spacial score (nSPS) is 11.0. The summed E-state index contributed by atoms with van der Waals surface area (Å²) in [7, 11) is -3.59. The van der Waals surface area contributed by atoms with E-state index < -0.39 is 21.0 Å². The number of nitriles is 1. The molecule has 2 rings (SSSR count). The molecule has 1 N–H and O–H groups in total. The molecule has 0 radical (unpaired) electrons. The van der Waals surface area contributed by atoms with Crippen molar-refractivity contribution in [3.63, 3.8) is 0 Å². The van der Waals surface area contributed by atoms with Gasteiger partial charge in [0.25, 0.3) is 5.91 Å². The Morgan fingerprint density at radius 2 is 1.92 bits per heavy atom. The molecule has 6 nitrogen and oxygen atoms in total. The SMILES string of the molecule is CC(C)S(=O)(=O)c1ccccc1C(=O)Nc1cccc(OCC#N)c1. The first-order valence-electron chi connectivity index (χ1n) is 7.60. The Hall–Kier alpha value is -2.85. The molecule has 0 unspecified atom stereocenters. The summed E-state index contributed by atoms with van der Waals surface area (Å²) in [5.41, 5.74) is 0.525. The molecular weight excluding hydrogens is 340 g/mol. The van der Waals surface area contributed by atoms with E-state index in [0.717, 1.165) is 0 Å². The van der Waals surface area contributed by atoms with Crippen LogP contribution in [-0.2, 0) is 9.84 Å². The molecule has 0 saturated carbocycles. The third-order valence-electron chi connectivity index (χ3n) is 3.45. The van der Waals surface area contributed by atoms with Gasteiger partial charge in [-0.3, -0.25) is 4.79 Å². The fraction of sp³-hybridized carbons (Fsp3) is 0.222. The van der Waals surface area contributed by atoms with E-state index in [-0.39, 0.29) is 17.1 Å². The van der Waals surface area contributed by atoms with Crippen LogP contribution in [0.15, 0.2) is 53.4 Å². The van der Waals surface area contributed by atoms with Crippen molar-refractivity contribution in [2.75, 3.05) is 11.9 Å². The minimum atomic E-state index is -3.59. The summed E-state index contributed by atoms with van der Waals surface area (Å²) in [4.78, 5) is 12.6. The molecule has 0 saturated heterocycles. The summed E-state index contributed by atoms with van der Waals surface area (Å²) >= 11 is 0. The summed E-state index contributed by atoms with van der Waals surface area (Å²) in [5, 5.41) is 10.6. The van der Waals surface area contributed by atoms with Gasteiger partial charge in [0.2, 0.25) is 0 Å². The van der Waals surface area contributed by atoms with E-state index in [1.165, 1.54) is 12.1 Å². The molecule has 25 heavy (non-hydrogen) atoms. The largest absolute Gasteiger partial charge is 0.479 e. The summed E-state index contributed by atoms with van der Waals surface area (Å²) < 4.78 is 30.1. The first kappa shape index (κ1) is 18.5. The standard InChI is InChI=1S/C18H18N2O4S/c1-13(2)25(22,23)17-9-4-3-8-16(17)18(21)20-14-6-5-7-15(12-14)24-11-10-19/h3-9,12-13H,11H2,1-2H3,(H,20,21). The van der Waals surface area contributed by atoms with Crippen LogP contribution in [0.25, 0.3) is 0 Å². The van der Waals surface area contributed by atoms with Gasteiger partial charge in [0, 0.05) is 11.8 Å². The maximum atomic E-state index is 12.6. The van der Waals surface area contributed by atoms with E-state index in [4.69, 9.17) is 10.00 Å². The van der Waals surface area contributed by atoms with Gasteiger partial charge in [0.1, 0.15) is 11.8 Å². The smallest absolute Gasteiger partial charge is 0.256 e. The number of nitrogens with one attached hydrogen (secondary N) is 1. The number of benzene rings is 2. The molecule has 0 heterocycles. The van der Waals surface area contributed by atoms with Gasteiger partial charge in [-0.2, -0.15) is 5.26 Å². The second-order valence-electron chi connectivity index (χ2n) is 5.52. The first-order valence-corrected chi connectivity index (χ1v) is 9.15. The van der Waals surface area contributed by atoms with Crippen LogP contribution in [-0.4, -0.2) is 26.2 Å². The monoisotopic (exact) mass is 358 g/mol. The zero-order valence-electron chi connectivity index (χ0n) is 13.9. The molecule has 0 fully saturated rings. The number of hydrogen-bond donors (Lipinski definition) is 1. The summed E-state index contributed by atoms with van der Waals surface area (Å²) in [6.45, 7) is 3.03. The average molecular weight is 358 g/mol. The van der Waals surface area contributed by atoms with Crippen LogP contribution in [0, 0.1) is 11.3 Å². The summed E-state index contributed by atoms with van der Waals surface area (Å²) in [6.07, 6.45) is 0. The number of carbonyl (C=O) groups excluding carboxylic acids is 1. The number of carbonyl (C=O) groups is 1. The zero-order valence-corrected chi connectivity index (χ0v) is 14.7. The van der Waals surface area contributed by atoms with E-state index in [0.29, 0.717) is 11.4 Å². The summed E-state index contributed by atoms with van der Waals surface area (Å²) in [6, 6.07) is 14.5. The fourth-order valence-corrected chi connectivity index (χ4v) is 3.38. The molecule has 0 aliphatic rings. The van der Waals surface area contributed by atoms with Gasteiger partial charge in [-0.25, -0.2) is 8.42 Å². The van der Waals surface area contributed by atoms with Gasteiger partial charge in [-0.15, -0.1) is 0 Å². The second-order valence-corrected chi connectivity index (χ2v) is 7.99. The highest BCUT2D eigenvalue weighted by molar-refractivity contribution is 7.92. The van der Waals surface area contributed by atoms with Crippen molar-refractivity contribution in [1.29, 1.82) is 5.26 Å². The van der Waals surface area contributed by atoms with Gasteiger partial charge in [-0.05, 0) is 38.1 Å². The van der Waals surface area contributed by atoms with Crippen LogP contribution in [0.1, 0.15) is 24.2 Å². The van der Waals surface area contributed by atoms with Crippen molar-refractivity contribution in [3.05, 3.63) is 54.1 Å². The van der Waals surface area contributed by atoms with E-state index in [9.17, 15) is 13.2 Å². The Morgan fingerprint density at radius 3 is 2.60 bits per heavy atom. The maximum Gasteiger partial charge on any atom is 0.256 e. The van der Waals surface area contributed by atoms with Crippen LogP contribution in [0.5, 0.6) is 5.75 Å². The number of sulfone groups is 1. The lowest BCUT2D eigenvalue weighted by Crippen LogP contribution is -2.20. The Bertz CT molecular complexity index is 915. The van der Waals surface area contributed by atoms with Crippen molar-refractivity contribution >= 4 is 21.4 Å². The highest BCUT2D eigenvalue weighted by atomic mass is 32.2. The summed E-state index contributed by atoms with van der Waals surface area (Å²) in [5.74, 6) is -0.0975. The van der Waals surface area contributed by atoms with Crippen molar-refractivity contribution in [2.24, 2.45) is 0 Å². The Kier molecular flexibility index (Phi) is 5.78. The Labute approximate surface area is 147 Å².